The van der Waals surface area contributed by atoms with Gasteiger partial charge in [-0.15, -0.1) is 0 Å². The fourth-order valence-electron chi connectivity index (χ4n) is 12.6. The van der Waals surface area contributed by atoms with Gasteiger partial charge in [0, 0.05) is 40.8 Å². The highest BCUT2D eigenvalue weighted by atomic mass is 28.3. The normalized spacial score (nSPS) is 15.1. The molecule has 0 unspecified atom stereocenters. The molecule has 402 valence electrons. The maximum atomic E-state index is 9.40. The first kappa shape index (κ1) is 46.3. The van der Waals surface area contributed by atoms with Gasteiger partial charge in [0.15, 0.2) is 8.07 Å². The van der Waals surface area contributed by atoms with Crippen LogP contribution in [0.4, 0.5) is 39.9 Å². The standard InChI is InChI=1S/C75H72N4OSi/c1-49(2)51-42-56(77-48-78(64-31-18-17-30-63(64)77)72-59(50-24-13-12-14-25-50)28-23-29-60(72)52-40-54(74(6,7)8)44-55(41-52)75(9,10)11)46-58(43-51)80-57-36-37-70-66(47-57)79(71-45-53(38-39-76-71)73(3,4)5)65-32-19-22-35-69(65)81(70)67-33-20-15-26-61(67)62-27-16-21-34-68(62)81/h12-47,49H,48H2,1-11H3/i12D,13D,14D,24D,25D. The van der Waals surface area contributed by atoms with E-state index in [9.17, 15) is 2.74 Å². The lowest BCUT2D eigenvalue weighted by Gasteiger charge is -2.43. The first-order chi connectivity index (χ1) is 40.9. The number of pyridine rings is 1. The zero-order valence-electron chi connectivity index (χ0n) is 53.4. The van der Waals surface area contributed by atoms with Crippen molar-refractivity contribution in [1.29, 1.82) is 0 Å². The fraction of sp³-hybridized carbons (Fsp3) is 0.213. The summed E-state index contributed by atoms with van der Waals surface area (Å²) < 4.78 is 52.5. The SMILES string of the molecule is [2H]c1c([2H])c([2H])c(-c2cccc(-c3cc(C(C)(C)C)cc(C(C)(C)C)c3)c2N2CN(c3cc(Oc4ccc5c(c4)N(c4cc(C(C)(C)C)ccn4)c4ccccc4[Si]54c5ccccc5-c5ccccc54)cc(C(C)C)c3)c3ccccc32)c([2H])c1[2H]. The molecule has 0 amide bonds. The fourth-order valence-corrected chi connectivity index (χ4v) is 18.1. The summed E-state index contributed by atoms with van der Waals surface area (Å²) in [5.41, 5.74) is 15.0. The first-order valence-corrected chi connectivity index (χ1v) is 30.5. The minimum Gasteiger partial charge on any atom is -0.457 e. The summed E-state index contributed by atoms with van der Waals surface area (Å²) in [6.45, 7) is 24.9. The number of nitrogens with zero attached hydrogens (tertiary/aromatic N) is 4. The number of fused-ring (bicyclic) bond motifs is 10. The van der Waals surface area contributed by atoms with Crippen LogP contribution in [0.3, 0.4) is 0 Å². The summed E-state index contributed by atoms with van der Waals surface area (Å²) in [6, 6.07) is 64.2. The van der Waals surface area contributed by atoms with E-state index >= 15 is 0 Å². The van der Waals surface area contributed by atoms with Gasteiger partial charge in [-0.3, -0.25) is 4.90 Å². The van der Waals surface area contributed by atoms with Crippen molar-refractivity contribution in [2.75, 3.05) is 21.4 Å². The zero-order valence-corrected chi connectivity index (χ0v) is 49.4. The molecule has 1 aromatic heterocycles. The van der Waals surface area contributed by atoms with Crippen molar-refractivity contribution in [2.45, 2.75) is 98.3 Å². The summed E-state index contributed by atoms with van der Waals surface area (Å²) in [6.07, 6.45) is 1.94. The van der Waals surface area contributed by atoms with Crippen LogP contribution in [0.2, 0.25) is 0 Å². The van der Waals surface area contributed by atoms with Crippen molar-refractivity contribution >= 4 is 68.8 Å². The summed E-state index contributed by atoms with van der Waals surface area (Å²) in [5.74, 6) is 2.37. The van der Waals surface area contributed by atoms with Crippen molar-refractivity contribution < 1.29 is 11.6 Å². The summed E-state index contributed by atoms with van der Waals surface area (Å²) >= 11 is 0. The van der Waals surface area contributed by atoms with Gasteiger partial charge in [-0.1, -0.05) is 228 Å². The minimum absolute atomic E-state index is 0.115. The third-order valence-corrected chi connectivity index (χ3v) is 21.8. The van der Waals surface area contributed by atoms with Crippen LogP contribution < -0.4 is 40.2 Å². The molecule has 3 aliphatic heterocycles. The molecule has 0 saturated carbocycles. The molecule has 10 aromatic rings. The molecule has 0 saturated heterocycles. The zero-order chi connectivity index (χ0) is 60.5. The Labute approximate surface area is 488 Å². The number of aromatic nitrogens is 1. The van der Waals surface area contributed by atoms with Crippen LogP contribution in [0.5, 0.6) is 11.5 Å². The number of para-hydroxylation sites is 4. The molecule has 3 aliphatic rings. The lowest BCUT2D eigenvalue weighted by molar-refractivity contribution is 0.482. The Bertz CT molecular complexity index is 4290. The Morgan fingerprint density at radius 3 is 1.65 bits per heavy atom. The van der Waals surface area contributed by atoms with Gasteiger partial charge in [-0.2, -0.15) is 0 Å². The van der Waals surface area contributed by atoms with Crippen LogP contribution in [0, 0.1) is 0 Å². The van der Waals surface area contributed by atoms with Crippen molar-refractivity contribution in [3.63, 3.8) is 0 Å². The van der Waals surface area contributed by atoms with Crippen LogP contribution in [0.1, 0.15) is 111 Å². The number of hydrogen-bond acceptors (Lipinski definition) is 5. The van der Waals surface area contributed by atoms with Gasteiger partial charge in [0.05, 0.1) is 29.6 Å². The van der Waals surface area contributed by atoms with E-state index in [1.54, 1.807) is 0 Å². The quantitative estimate of drug-likeness (QED) is 0.142. The third kappa shape index (κ3) is 8.78. The second kappa shape index (κ2) is 19.4. The molecular weight excluding hydrogens is 1000 g/mol. The van der Waals surface area contributed by atoms with E-state index in [2.05, 4.69) is 255 Å². The van der Waals surface area contributed by atoms with Gasteiger partial charge in [-0.05, 0) is 136 Å². The van der Waals surface area contributed by atoms with Crippen molar-refractivity contribution in [2.24, 2.45) is 0 Å². The average Bonchev–Trinajstić information content (AvgIpc) is 1.41. The average molecular weight is 1080 g/mol. The Kier molecular flexibility index (Phi) is 11.1. The molecule has 4 heterocycles. The van der Waals surface area contributed by atoms with Gasteiger partial charge in [0.25, 0.3) is 0 Å². The van der Waals surface area contributed by atoms with E-state index in [4.69, 9.17) is 13.8 Å². The number of rotatable bonds is 8. The number of anilines is 7. The molecule has 81 heavy (non-hydrogen) atoms. The largest absolute Gasteiger partial charge is 0.457 e. The van der Waals surface area contributed by atoms with Crippen molar-refractivity contribution in [1.82, 2.24) is 4.98 Å². The van der Waals surface area contributed by atoms with E-state index in [0.29, 0.717) is 23.7 Å². The first-order valence-electron chi connectivity index (χ1n) is 31.0. The lowest BCUT2D eigenvalue weighted by Crippen LogP contribution is -2.75. The summed E-state index contributed by atoms with van der Waals surface area (Å²) in [4.78, 5) is 12.1. The van der Waals surface area contributed by atoms with Gasteiger partial charge < -0.3 is 14.5 Å². The molecule has 0 aliphatic carbocycles. The molecule has 13 rings (SSSR count). The van der Waals surface area contributed by atoms with E-state index in [0.717, 1.165) is 56.6 Å². The second-order valence-corrected chi connectivity index (χ2v) is 29.2. The maximum Gasteiger partial charge on any atom is 0.185 e. The summed E-state index contributed by atoms with van der Waals surface area (Å²) in [5, 5.41) is 5.36. The summed E-state index contributed by atoms with van der Waals surface area (Å²) in [7, 11) is -2.93. The van der Waals surface area contributed by atoms with E-state index < -0.39 is 14.1 Å². The van der Waals surface area contributed by atoms with E-state index in [1.807, 2.05) is 24.4 Å². The molecule has 0 N–H and O–H groups in total. The Hall–Kier alpha value is -8.45. The van der Waals surface area contributed by atoms with Gasteiger partial charge in [-0.25, -0.2) is 4.98 Å². The van der Waals surface area contributed by atoms with E-state index in [1.165, 1.54) is 48.6 Å². The lowest BCUT2D eigenvalue weighted by atomic mass is 9.78. The Morgan fingerprint density at radius 1 is 0.469 bits per heavy atom. The molecule has 0 fully saturated rings. The van der Waals surface area contributed by atoms with Crippen LogP contribution in [0.15, 0.2) is 218 Å². The monoisotopic (exact) mass is 1080 g/mol. The predicted molar refractivity (Wildman–Crippen MR) is 345 cm³/mol. The van der Waals surface area contributed by atoms with E-state index in [-0.39, 0.29) is 51.9 Å². The molecule has 0 atom stereocenters. The molecule has 0 radical (unpaired) electrons. The Morgan fingerprint density at radius 2 is 1.02 bits per heavy atom. The second-order valence-electron chi connectivity index (χ2n) is 25.5. The molecule has 6 heteroatoms. The van der Waals surface area contributed by atoms with Crippen LogP contribution in [0.25, 0.3) is 33.4 Å². The van der Waals surface area contributed by atoms with Crippen molar-refractivity contribution in [3.8, 4) is 44.9 Å². The number of benzene rings is 9. The highest BCUT2D eigenvalue weighted by Gasteiger charge is 2.54. The van der Waals surface area contributed by atoms with Gasteiger partial charge in [0.1, 0.15) is 24.0 Å². The van der Waals surface area contributed by atoms with Crippen LogP contribution in [-0.2, 0) is 16.2 Å². The number of ether oxygens (including phenoxy) is 1. The smallest absolute Gasteiger partial charge is 0.185 e. The maximum absolute atomic E-state index is 9.40. The molecular formula is C75H72N4OSi. The van der Waals surface area contributed by atoms with Crippen molar-refractivity contribution in [3.05, 3.63) is 241 Å². The third-order valence-electron chi connectivity index (χ3n) is 16.9. The minimum atomic E-state index is -2.93. The molecule has 0 bridgehead atoms. The van der Waals surface area contributed by atoms with Gasteiger partial charge in [0.2, 0.25) is 0 Å². The topological polar surface area (TPSA) is 31.8 Å². The Balaban J connectivity index is 0.978. The molecule has 9 aromatic carbocycles. The van der Waals surface area contributed by atoms with Crippen LogP contribution >= 0.6 is 0 Å². The highest BCUT2D eigenvalue weighted by Crippen LogP contribution is 2.52. The predicted octanol–water partition coefficient (Wildman–Crippen LogP) is 17.6. The van der Waals surface area contributed by atoms with Gasteiger partial charge >= 0.3 is 0 Å². The molecule has 1 spiro atoms. The molecule has 5 nitrogen and oxygen atoms in total. The highest BCUT2D eigenvalue weighted by molar-refractivity contribution is 7.23. The number of hydrogen-bond donors (Lipinski definition) is 0. The van der Waals surface area contributed by atoms with Crippen LogP contribution in [-0.4, -0.2) is 19.7 Å².